The standard InChI is InChI=1S/C15H24FNO6S/c1-4-17(10-12(18)6-5-7-24(19,20)21)11-8-13(22-2)15(16)14(9-11)23-3/h8-9,12,18H,4-7,10H2,1-3H3,(H,19,20,21). The van der Waals surface area contributed by atoms with Crippen molar-refractivity contribution in [1.82, 2.24) is 0 Å². The summed E-state index contributed by atoms with van der Waals surface area (Å²) in [6.45, 7) is 2.63. The van der Waals surface area contributed by atoms with Crippen molar-refractivity contribution in [3.63, 3.8) is 0 Å². The number of nitrogens with zero attached hydrogens (tertiary/aromatic N) is 1. The number of ether oxygens (including phenoxy) is 2. The number of rotatable bonds is 10. The van der Waals surface area contributed by atoms with Crippen LogP contribution in [0.3, 0.4) is 0 Å². The zero-order valence-corrected chi connectivity index (χ0v) is 14.8. The molecule has 24 heavy (non-hydrogen) atoms. The van der Waals surface area contributed by atoms with Gasteiger partial charge < -0.3 is 19.5 Å². The molecule has 0 aliphatic carbocycles. The highest BCUT2D eigenvalue weighted by Gasteiger charge is 2.18. The molecule has 1 atom stereocenters. The van der Waals surface area contributed by atoms with E-state index in [0.29, 0.717) is 12.2 Å². The van der Waals surface area contributed by atoms with Crippen molar-refractivity contribution in [2.75, 3.05) is 38.0 Å². The van der Waals surface area contributed by atoms with Gasteiger partial charge in [-0.3, -0.25) is 4.55 Å². The van der Waals surface area contributed by atoms with Crippen molar-refractivity contribution in [2.45, 2.75) is 25.9 Å². The summed E-state index contributed by atoms with van der Waals surface area (Å²) in [4.78, 5) is 1.79. The van der Waals surface area contributed by atoms with Crippen LogP contribution in [-0.4, -0.2) is 57.2 Å². The van der Waals surface area contributed by atoms with Gasteiger partial charge in [0.05, 0.1) is 26.1 Å². The van der Waals surface area contributed by atoms with Gasteiger partial charge in [0, 0.05) is 30.9 Å². The molecule has 1 aromatic carbocycles. The van der Waals surface area contributed by atoms with Gasteiger partial charge in [-0.2, -0.15) is 12.8 Å². The van der Waals surface area contributed by atoms with Crippen LogP contribution in [0.2, 0.25) is 0 Å². The van der Waals surface area contributed by atoms with Crippen molar-refractivity contribution < 1.29 is 31.9 Å². The molecule has 0 saturated heterocycles. The summed E-state index contributed by atoms with van der Waals surface area (Å²) < 4.78 is 54.0. The second-order valence-electron chi connectivity index (χ2n) is 5.28. The lowest BCUT2D eigenvalue weighted by Crippen LogP contribution is -2.32. The fourth-order valence-corrected chi connectivity index (χ4v) is 2.83. The summed E-state index contributed by atoms with van der Waals surface area (Å²) in [7, 11) is -1.33. The highest BCUT2D eigenvalue weighted by molar-refractivity contribution is 7.85. The van der Waals surface area contributed by atoms with Gasteiger partial charge >= 0.3 is 0 Å². The Kier molecular flexibility index (Phi) is 7.71. The van der Waals surface area contributed by atoms with Gasteiger partial charge in [0.2, 0.25) is 5.82 Å². The molecule has 0 aliphatic heterocycles. The Bertz CT molecular complexity index is 612. The quantitative estimate of drug-likeness (QED) is 0.609. The lowest BCUT2D eigenvalue weighted by Gasteiger charge is -2.27. The van der Waals surface area contributed by atoms with Crippen LogP contribution < -0.4 is 14.4 Å². The van der Waals surface area contributed by atoms with Gasteiger partial charge in [0.25, 0.3) is 10.1 Å². The van der Waals surface area contributed by atoms with Crippen LogP contribution >= 0.6 is 0 Å². The second kappa shape index (κ2) is 9.05. The second-order valence-corrected chi connectivity index (χ2v) is 6.86. The molecule has 0 spiro atoms. The van der Waals surface area contributed by atoms with Crippen LogP contribution in [0.15, 0.2) is 12.1 Å². The predicted molar refractivity (Wildman–Crippen MR) is 89.0 cm³/mol. The average molecular weight is 365 g/mol. The Balaban J connectivity index is 2.82. The van der Waals surface area contributed by atoms with Gasteiger partial charge in [-0.15, -0.1) is 0 Å². The molecule has 0 aliphatic rings. The van der Waals surface area contributed by atoms with Gasteiger partial charge in [0.1, 0.15) is 0 Å². The minimum atomic E-state index is -4.03. The van der Waals surface area contributed by atoms with E-state index in [0.717, 1.165) is 0 Å². The van der Waals surface area contributed by atoms with E-state index in [2.05, 4.69) is 0 Å². The lowest BCUT2D eigenvalue weighted by molar-refractivity contribution is 0.169. The van der Waals surface area contributed by atoms with Crippen LogP contribution in [-0.2, 0) is 10.1 Å². The third-order valence-corrected chi connectivity index (χ3v) is 4.35. The number of aliphatic hydroxyl groups is 1. The molecule has 0 amide bonds. The lowest BCUT2D eigenvalue weighted by atomic mass is 10.1. The number of aliphatic hydroxyl groups excluding tert-OH is 1. The Hall–Kier alpha value is -1.58. The number of benzene rings is 1. The number of anilines is 1. The van der Waals surface area contributed by atoms with Gasteiger partial charge in [-0.25, -0.2) is 0 Å². The first-order chi connectivity index (χ1) is 11.2. The first-order valence-electron chi connectivity index (χ1n) is 7.51. The van der Waals surface area contributed by atoms with E-state index >= 15 is 0 Å². The molecule has 9 heteroatoms. The van der Waals surface area contributed by atoms with Gasteiger partial charge in [0.15, 0.2) is 11.5 Å². The average Bonchev–Trinajstić information content (AvgIpc) is 2.51. The molecule has 0 radical (unpaired) electrons. The first-order valence-corrected chi connectivity index (χ1v) is 9.12. The Morgan fingerprint density at radius 2 is 1.79 bits per heavy atom. The molecule has 0 saturated carbocycles. The Morgan fingerprint density at radius 1 is 1.25 bits per heavy atom. The van der Waals surface area contributed by atoms with Crippen LogP contribution in [0.25, 0.3) is 0 Å². The molecule has 0 heterocycles. The monoisotopic (exact) mass is 365 g/mol. The topological polar surface area (TPSA) is 96.3 Å². The van der Waals surface area contributed by atoms with E-state index in [1.54, 1.807) is 4.90 Å². The molecule has 138 valence electrons. The van der Waals surface area contributed by atoms with Crippen molar-refractivity contribution in [3.05, 3.63) is 17.9 Å². The van der Waals surface area contributed by atoms with E-state index in [4.69, 9.17) is 14.0 Å². The van der Waals surface area contributed by atoms with E-state index in [1.807, 2.05) is 6.92 Å². The molecule has 1 rings (SSSR count). The maximum Gasteiger partial charge on any atom is 0.264 e. The van der Waals surface area contributed by atoms with E-state index in [9.17, 15) is 17.9 Å². The Labute approximate surface area is 141 Å². The fraction of sp³-hybridized carbons (Fsp3) is 0.600. The minimum absolute atomic E-state index is 0.0312. The molecular weight excluding hydrogens is 341 g/mol. The third-order valence-electron chi connectivity index (χ3n) is 3.55. The van der Waals surface area contributed by atoms with Crippen molar-refractivity contribution in [3.8, 4) is 11.5 Å². The number of hydrogen-bond donors (Lipinski definition) is 2. The summed E-state index contributed by atoms with van der Waals surface area (Å²) >= 11 is 0. The number of methoxy groups -OCH3 is 2. The summed E-state index contributed by atoms with van der Waals surface area (Å²) in [6, 6.07) is 3.01. The molecule has 0 bridgehead atoms. The van der Waals surface area contributed by atoms with Gasteiger partial charge in [-0.05, 0) is 19.8 Å². The molecule has 0 fully saturated rings. The zero-order chi connectivity index (χ0) is 18.3. The van der Waals surface area contributed by atoms with Crippen LogP contribution in [0.4, 0.5) is 10.1 Å². The zero-order valence-electron chi connectivity index (χ0n) is 14.0. The van der Waals surface area contributed by atoms with Crippen LogP contribution in [0.1, 0.15) is 19.8 Å². The number of likely N-dealkylation sites (N-methyl/N-ethyl adjacent to an activating group) is 1. The third kappa shape index (κ3) is 6.14. The normalized spacial score (nSPS) is 12.8. The smallest absolute Gasteiger partial charge is 0.264 e. The highest BCUT2D eigenvalue weighted by Crippen LogP contribution is 2.33. The summed E-state index contributed by atoms with van der Waals surface area (Å²) in [5, 5.41) is 10.1. The highest BCUT2D eigenvalue weighted by atomic mass is 32.2. The maximum atomic E-state index is 14.0. The molecule has 2 N–H and O–H groups in total. The molecule has 7 nitrogen and oxygen atoms in total. The summed E-state index contributed by atoms with van der Waals surface area (Å²) in [5.41, 5.74) is 0.612. The maximum absolute atomic E-state index is 14.0. The summed E-state index contributed by atoms with van der Waals surface area (Å²) in [6.07, 6.45) is -0.437. The predicted octanol–water partition coefficient (Wildman–Crippen LogP) is 1.70. The molecule has 1 aromatic rings. The van der Waals surface area contributed by atoms with E-state index < -0.39 is 27.8 Å². The SMILES string of the molecule is CCN(CC(O)CCCS(=O)(=O)O)c1cc(OC)c(F)c(OC)c1. The first kappa shape index (κ1) is 20.5. The van der Waals surface area contributed by atoms with Crippen molar-refractivity contribution in [1.29, 1.82) is 0 Å². The van der Waals surface area contributed by atoms with Crippen molar-refractivity contribution >= 4 is 15.8 Å². The van der Waals surface area contributed by atoms with Crippen molar-refractivity contribution in [2.24, 2.45) is 0 Å². The minimum Gasteiger partial charge on any atom is -0.493 e. The van der Waals surface area contributed by atoms with E-state index in [-0.39, 0.29) is 30.9 Å². The molecule has 0 aromatic heterocycles. The molecular formula is C15H24FNO6S. The van der Waals surface area contributed by atoms with E-state index in [1.165, 1.54) is 26.4 Å². The van der Waals surface area contributed by atoms with Crippen LogP contribution in [0.5, 0.6) is 11.5 Å². The van der Waals surface area contributed by atoms with Crippen LogP contribution in [0, 0.1) is 5.82 Å². The summed E-state index contributed by atoms with van der Waals surface area (Å²) in [5.74, 6) is -0.935. The molecule has 1 unspecified atom stereocenters. The largest absolute Gasteiger partial charge is 0.493 e. The fourth-order valence-electron chi connectivity index (χ4n) is 2.30. The number of halogens is 1. The van der Waals surface area contributed by atoms with Gasteiger partial charge in [-0.1, -0.05) is 0 Å². The Morgan fingerprint density at radius 3 is 2.21 bits per heavy atom. The number of hydrogen-bond acceptors (Lipinski definition) is 6.